The number of carbonyl (C=O) groups excluding carboxylic acids is 1. The summed E-state index contributed by atoms with van der Waals surface area (Å²) in [5.41, 5.74) is 0.787. The van der Waals surface area contributed by atoms with Crippen molar-refractivity contribution in [2.24, 2.45) is 5.92 Å². The Bertz CT molecular complexity index is 564. The van der Waals surface area contributed by atoms with E-state index in [1.165, 1.54) is 19.3 Å². The van der Waals surface area contributed by atoms with Gasteiger partial charge in [-0.05, 0) is 32.6 Å². The van der Waals surface area contributed by atoms with Crippen molar-refractivity contribution in [3.8, 4) is 0 Å². The molecule has 0 aromatic carbocycles. The number of hydrogen-bond donors (Lipinski definition) is 2. The lowest BCUT2D eigenvalue weighted by atomic mass is 9.74. The molecule has 1 aliphatic heterocycles. The van der Waals surface area contributed by atoms with Crippen LogP contribution in [-0.2, 0) is 4.79 Å². The Labute approximate surface area is 118 Å². The molecule has 1 saturated carbocycles. The minimum Gasteiger partial charge on any atom is -0.311 e. The lowest BCUT2D eigenvalue weighted by molar-refractivity contribution is -0.117. The topological polar surface area (TPSA) is 66.9 Å². The van der Waals surface area contributed by atoms with Crippen LogP contribution in [0.1, 0.15) is 69.9 Å². The van der Waals surface area contributed by atoms with E-state index in [1.54, 1.807) is 4.68 Å². The molecule has 1 aromatic heterocycles. The van der Waals surface area contributed by atoms with Gasteiger partial charge < -0.3 is 5.32 Å². The van der Waals surface area contributed by atoms with E-state index >= 15 is 0 Å². The van der Waals surface area contributed by atoms with Crippen LogP contribution in [0.25, 0.3) is 0 Å². The van der Waals surface area contributed by atoms with Crippen molar-refractivity contribution in [1.82, 2.24) is 9.78 Å². The molecule has 1 aliphatic carbocycles. The average Bonchev–Trinajstić information content (AvgIpc) is 2.76. The molecule has 20 heavy (non-hydrogen) atoms. The predicted octanol–water partition coefficient (Wildman–Crippen LogP) is 2.76. The first-order chi connectivity index (χ1) is 9.58. The molecule has 1 atom stereocenters. The van der Waals surface area contributed by atoms with Gasteiger partial charge in [0.1, 0.15) is 5.82 Å². The van der Waals surface area contributed by atoms with Crippen molar-refractivity contribution in [2.75, 3.05) is 5.32 Å². The van der Waals surface area contributed by atoms with E-state index in [0.29, 0.717) is 18.2 Å². The third-order valence-electron chi connectivity index (χ3n) is 4.73. The number of nitrogens with zero attached hydrogens (tertiary/aromatic N) is 1. The van der Waals surface area contributed by atoms with Crippen molar-refractivity contribution in [2.45, 2.75) is 64.3 Å². The van der Waals surface area contributed by atoms with Gasteiger partial charge in [-0.25, -0.2) is 0 Å². The third-order valence-corrected chi connectivity index (χ3v) is 4.73. The van der Waals surface area contributed by atoms with Gasteiger partial charge in [0, 0.05) is 18.4 Å². The van der Waals surface area contributed by atoms with Crippen LogP contribution < -0.4 is 10.9 Å². The number of hydrogen-bond acceptors (Lipinski definition) is 2. The average molecular weight is 277 g/mol. The van der Waals surface area contributed by atoms with Crippen molar-refractivity contribution in [3.63, 3.8) is 0 Å². The first-order valence-electron chi connectivity index (χ1n) is 7.72. The number of anilines is 1. The number of amides is 1. The van der Waals surface area contributed by atoms with Gasteiger partial charge in [0.15, 0.2) is 0 Å². The standard InChI is InChI=1S/C15H23N3O2/c1-9(2)18-14-13(15(20)17-18)11(8-12(19)16-14)10-6-4-3-5-7-10/h9-11H,3-8H2,1-2H3,(H,16,19)(H,17,20)/t11-/m0/s1. The molecule has 0 saturated heterocycles. The molecular weight excluding hydrogens is 254 g/mol. The van der Waals surface area contributed by atoms with Crippen LogP contribution in [0.15, 0.2) is 4.79 Å². The Morgan fingerprint density at radius 1 is 1.15 bits per heavy atom. The summed E-state index contributed by atoms with van der Waals surface area (Å²) in [5.74, 6) is 1.33. The first-order valence-corrected chi connectivity index (χ1v) is 7.72. The van der Waals surface area contributed by atoms with Gasteiger partial charge in [0.25, 0.3) is 5.56 Å². The lowest BCUT2D eigenvalue weighted by Crippen LogP contribution is -2.31. The fraction of sp³-hybridized carbons (Fsp3) is 0.733. The highest BCUT2D eigenvalue weighted by atomic mass is 16.2. The fourth-order valence-corrected chi connectivity index (χ4v) is 3.75. The zero-order chi connectivity index (χ0) is 14.3. The highest BCUT2D eigenvalue weighted by molar-refractivity contribution is 5.93. The minimum atomic E-state index is -0.0238. The maximum Gasteiger partial charge on any atom is 0.269 e. The van der Waals surface area contributed by atoms with Crippen molar-refractivity contribution >= 4 is 11.7 Å². The maximum atomic E-state index is 12.3. The molecule has 0 bridgehead atoms. The zero-order valence-electron chi connectivity index (χ0n) is 12.2. The van der Waals surface area contributed by atoms with E-state index in [9.17, 15) is 9.59 Å². The molecule has 5 heteroatoms. The van der Waals surface area contributed by atoms with E-state index in [4.69, 9.17) is 0 Å². The molecule has 1 fully saturated rings. The van der Waals surface area contributed by atoms with Gasteiger partial charge in [-0.2, -0.15) is 0 Å². The smallest absolute Gasteiger partial charge is 0.269 e. The number of carbonyl (C=O) groups is 1. The molecule has 0 radical (unpaired) electrons. The Morgan fingerprint density at radius 2 is 1.85 bits per heavy atom. The second-order valence-electron chi connectivity index (χ2n) is 6.42. The third kappa shape index (κ3) is 2.19. The van der Waals surface area contributed by atoms with Crippen LogP contribution in [0.4, 0.5) is 5.82 Å². The Hall–Kier alpha value is -1.52. The van der Waals surface area contributed by atoms with Crippen LogP contribution in [0.3, 0.4) is 0 Å². The van der Waals surface area contributed by atoms with E-state index in [2.05, 4.69) is 10.4 Å². The van der Waals surface area contributed by atoms with Crippen molar-refractivity contribution in [1.29, 1.82) is 0 Å². The van der Waals surface area contributed by atoms with Crippen molar-refractivity contribution in [3.05, 3.63) is 15.9 Å². The molecular formula is C15H23N3O2. The van der Waals surface area contributed by atoms with Crippen LogP contribution in [0, 0.1) is 5.92 Å². The van der Waals surface area contributed by atoms with Crippen LogP contribution >= 0.6 is 0 Å². The summed E-state index contributed by atoms with van der Waals surface area (Å²) in [6.07, 6.45) is 6.48. The molecule has 3 rings (SSSR count). The Kier molecular flexibility index (Phi) is 3.44. The van der Waals surface area contributed by atoms with Gasteiger partial charge in [0.2, 0.25) is 5.91 Å². The lowest BCUT2D eigenvalue weighted by Gasteiger charge is -2.32. The SMILES string of the molecule is CC(C)n1[nH]c(=O)c2c1NC(=O)C[C@H]2C1CCCCC1. The minimum absolute atomic E-state index is 0.0238. The number of aromatic nitrogens is 2. The van der Waals surface area contributed by atoms with E-state index < -0.39 is 0 Å². The first kappa shape index (κ1) is 13.5. The van der Waals surface area contributed by atoms with E-state index in [0.717, 1.165) is 18.4 Å². The molecule has 2 heterocycles. The van der Waals surface area contributed by atoms with Crippen LogP contribution in [0.2, 0.25) is 0 Å². The van der Waals surface area contributed by atoms with Gasteiger partial charge in [-0.1, -0.05) is 19.3 Å². The molecule has 110 valence electrons. The van der Waals surface area contributed by atoms with Gasteiger partial charge in [-0.15, -0.1) is 0 Å². The number of fused-ring (bicyclic) bond motifs is 1. The summed E-state index contributed by atoms with van der Waals surface area (Å²) >= 11 is 0. The maximum absolute atomic E-state index is 12.3. The Balaban J connectivity index is 2.03. The summed E-state index contributed by atoms with van der Waals surface area (Å²) in [4.78, 5) is 24.3. The molecule has 0 unspecified atom stereocenters. The zero-order valence-corrected chi connectivity index (χ0v) is 12.2. The number of aromatic amines is 1. The molecule has 1 aromatic rings. The summed E-state index contributed by atoms with van der Waals surface area (Å²) in [6, 6.07) is 0.136. The highest BCUT2D eigenvalue weighted by Crippen LogP contribution is 2.42. The number of nitrogens with one attached hydrogen (secondary N) is 2. The van der Waals surface area contributed by atoms with Gasteiger partial charge in [-0.3, -0.25) is 19.4 Å². The second kappa shape index (κ2) is 5.11. The summed E-state index contributed by atoms with van der Waals surface area (Å²) < 4.78 is 1.80. The second-order valence-corrected chi connectivity index (χ2v) is 6.42. The quantitative estimate of drug-likeness (QED) is 0.873. The number of rotatable bonds is 2. The summed E-state index contributed by atoms with van der Waals surface area (Å²) in [7, 11) is 0. The highest BCUT2D eigenvalue weighted by Gasteiger charge is 2.36. The fourth-order valence-electron chi connectivity index (χ4n) is 3.75. The van der Waals surface area contributed by atoms with Gasteiger partial charge >= 0.3 is 0 Å². The predicted molar refractivity (Wildman–Crippen MR) is 78.0 cm³/mol. The molecule has 2 aliphatic rings. The number of H-pyrrole nitrogens is 1. The summed E-state index contributed by atoms with van der Waals surface area (Å²) in [6.45, 7) is 4.01. The summed E-state index contributed by atoms with van der Waals surface area (Å²) in [5, 5.41) is 5.78. The molecule has 2 N–H and O–H groups in total. The largest absolute Gasteiger partial charge is 0.311 e. The monoisotopic (exact) mass is 277 g/mol. The van der Waals surface area contributed by atoms with Crippen LogP contribution in [-0.4, -0.2) is 15.7 Å². The molecule has 0 spiro atoms. The molecule has 5 nitrogen and oxygen atoms in total. The molecule has 1 amide bonds. The Morgan fingerprint density at radius 3 is 2.50 bits per heavy atom. The normalized spacial score (nSPS) is 23.8. The van der Waals surface area contributed by atoms with Crippen molar-refractivity contribution < 1.29 is 4.79 Å². The van der Waals surface area contributed by atoms with E-state index in [-0.39, 0.29) is 23.4 Å². The van der Waals surface area contributed by atoms with Crippen LogP contribution in [0.5, 0.6) is 0 Å². The van der Waals surface area contributed by atoms with E-state index in [1.807, 2.05) is 13.8 Å². The van der Waals surface area contributed by atoms with Gasteiger partial charge in [0.05, 0.1) is 5.56 Å².